The minimum absolute atomic E-state index is 0.0247. The number of benzene rings is 2. The maximum atomic E-state index is 13.2. The van der Waals surface area contributed by atoms with Crippen molar-refractivity contribution in [2.45, 2.75) is 6.54 Å². The molecule has 152 valence electrons. The van der Waals surface area contributed by atoms with Crippen LogP contribution in [0.4, 0.5) is 30.4 Å². The van der Waals surface area contributed by atoms with Crippen molar-refractivity contribution in [2.75, 3.05) is 10.6 Å². The van der Waals surface area contributed by atoms with E-state index < -0.39 is 29.8 Å². The third-order valence-electron chi connectivity index (χ3n) is 4.01. The fraction of sp³-hybridized carbons (Fsp3) is 0.0526. The van der Waals surface area contributed by atoms with Crippen molar-refractivity contribution >= 4 is 28.9 Å². The molecule has 4 rings (SSSR count). The predicted octanol–water partition coefficient (Wildman–Crippen LogP) is 2.69. The summed E-state index contributed by atoms with van der Waals surface area (Å²) in [6.07, 6.45) is 1.42. The second kappa shape index (κ2) is 7.70. The number of carbonyl (C=O) groups is 1. The zero-order chi connectivity index (χ0) is 21.3. The number of rotatable bonds is 5. The molecule has 0 aliphatic rings. The summed E-state index contributed by atoms with van der Waals surface area (Å²) in [5, 5.41) is 9.24. The number of carbonyl (C=O) groups excluding carboxylic acids is 1. The molecular formula is C19H13F3N6O2. The van der Waals surface area contributed by atoms with Crippen LogP contribution in [0.5, 0.6) is 0 Å². The Bertz CT molecular complexity index is 1280. The summed E-state index contributed by atoms with van der Waals surface area (Å²) >= 11 is 0. The van der Waals surface area contributed by atoms with Crippen molar-refractivity contribution in [3.05, 3.63) is 82.7 Å². The van der Waals surface area contributed by atoms with Crippen LogP contribution in [0.1, 0.15) is 0 Å². The zero-order valence-corrected chi connectivity index (χ0v) is 15.1. The van der Waals surface area contributed by atoms with Crippen molar-refractivity contribution in [1.29, 1.82) is 0 Å². The molecule has 0 fully saturated rings. The fourth-order valence-corrected chi connectivity index (χ4v) is 2.72. The van der Waals surface area contributed by atoms with Gasteiger partial charge < -0.3 is 10.6 Å². The van der Waals surface area contributed by atoms with Crippen LogP contribution in [0, 0.1) is 17.5 Å². The Labute approximate surface area is 166 Å². The second-order valence-corrected chi connectivity index (χ2v) is 6.26. The largest absolute Gasteiger partial charge is 0.352 e. The second-order valence-electron chi connectivity index (χ2n) is 6.26. The molecule has 2 aromatic carbocycles. The molecular weight excluding hydrogens is 401 g/mol. The highest BCUT2D eigenvalue weighted by atomic mass is 19.1. The van der Waals surface area contributed by atoms with Crippen molar-refractivity contribution in [2.24, 2.45) is 0 Å². The molecule has 0 atom stereocenters. The summed E-state index contributed by atoms with van der Waals surface area (Å²) < 4.78 is 41.5. The van der Waals surface area contributed by atoms with Crippen molar-refractivity contribution in [1.82, 2.24) is 19.2 Å². The molecule has 2 heterocycles. The highest BCUT2D eigenvalue weighted by Crippen LogP contribution is 2.15. The number of aromatic nitrogens is 4. The van der Waals surface area contributed by atoms with E-state index >= 15 is 0 Å². The Morgan fingerprint density at radius 3 is 2.33 bits per heavy atom. The first-order valence-corrected chi connectivity index (χ1v) is 8.62. The van der Waals surface area contributed by atoms with Gasteiger partial charge in [-0.15, -0.1) is 5.10 Å². The lowest BCUT2D eigenvalue weighted by atomic mass is 10.3. The molecule has 0 radical (unpaired) electrons. The first kappa shape index (κ1) is 19.2. The molecule has 0 aliphatic carbocycles. The van der Waals surface area contributed by atoms with Gasteiger partial charge in [0.15, 0.2) is 0 Å². The summed E-state index contributed by atoms with van der Waals surface area (Å²) in [5.41, 5.74) is -0.124. The third kappa shape index (κ3) is 4.14. The Balaban J connectivity index is 1.53. The Morgan fingerprint density at radius 1 is 0.933 bits per heavy atom. The predicted molar refractivity (Wildman–Crippen MR) is 102 cm³/mol. The van der Waals surface area contributed by atoms with Crippen LogP contribution in [-0.4, -0.2) is 25.1 Å². The lowest BCUT2D eigenvalue weighted by Crippen LogP contribution is -2.28. The smallest absolute Gasteiger partial charge is 0.340 e. The summed E-state index contributed by atoms with van der Waals surface area (Å²) in [4.78, 5) is 28.7. The van der Waals surface area contributed by atoms with Crippen molar-refractivity contribution < 1.29 is 18.0 Å². The normalized spacial score (nSPS) is 10.9. The number of nitrogens with one attached hydrogen (secondary N) is 2. The standard InChI is InChI=1S/C19H13F3N6O2/c20-11-1-3-14(4-2-11)23-16-5-6-27-18(25-16)26-28(19(27)30)10-17(29)24-15-8-12(21)7-13(22)9-15/h1-9H,10H2,(H,24,29)(H,23,25,26). The van der Waals surface area contributed by atoms with Crippen molar-refractivity contribution in [3.8, 4) is 0 Å². The van der Waals surface area contributed by atoms with E-state index in [9.17, 15) is 22.8 Å². The average Bonchev–Trinajstić information content (AvgIpc) is 2.97. The maximum Gasteiger partial charge on any atom is 0.352 e. The number of hydrogen-bond donors (Lipinski definition) is 2. The third-order valence-corrected chi connectivity index (χ3v) is 4.01. The highest BCUT2D eigenvalue weighted by molar-refractivity contribution is 5.90. The zero-order valence-electron chi connectivity index (χ0n) is 15.1. The Morgan fingerprint density at radius 2 is 1.63 bits per heavy atom. The van der Waals surface area contributed by atoms with Gasteiger partial charge in [-0.25, -0.2) is 27.0 Å². The molecule has 0 saturated carbocycles. The molecule has 0 unspecified atom stereocenters. The molecule has 2 aromatic heterocycles. The number of hydrogen-bond acceptors (Lipinski definition) is 5. The summed E-state index contributed by atoms with van der Waals surface area (Å²) in [7, 11) is 0. The van der Waals surface area contributed by atoms with E-state index in [0.717, 1.165) is 21.2 Å². The van der Waals surface area contributed by atoms with E-state index in [1.807, 2.05) is 0 Å². The van der Waals surface area contributed by atoms with E-state index in [4.69, 9.17) is 0 Å². The van der Waals surface area contributed by atoms with Crippen LogP contribution >= 0.6 is 0 Å². The monoisotopic (exact) mass is 414 g/mol. The van der Waals surface area contributed by atoms with Gasteiger partial charge in [-0.2, -0.15) is 4.98 Å². The minimum atomic E-state index is -0.847. The van der Waals surface area contributed by atoms with Crippen LogP contribution in [0.15, 0.2) is 59.5 Å². The van der Waals surface area contributed by atoms with Crippen LogP contribution in [-0.2, 0) is 11.3 Å². The van der Waals surface area contributed by atoms with E-state index in [-0.39, 0.29) is 17.3 Å². The minimum Gasteiger partial charge on any atom is -0.340 e. The average molecular weight is 414 g/mol. The molecule has 2 N–H and O–H groups in total. The molecule has 8 nitrogen and oxygen atoms in total. The number of amides is 1. The molecule has 30 heavy (non-hydrogen) atoms. The number of halogens is 3. The number of anilines is 3. The van der Waals surface area contributed by atoms with Crippen LogP contribution < -0.4 is 16.3 Å². The first-order chi connectivity index (χ1) is 14.4. The fourth-order valence-electron chi connectivity index (χ4n) is 2.72. The summed E-state index contributed by atoms with van der Waals surface area (Å²) in [5.74, 6) is -2.40. The van der Waals surface area contributed by atoms with Crippen LogP contribution in [0.2, 0.25) is 0 Å². The number of nitrogens with zero attached hydrogens (tertiary/aromatic N) is 4. The van der Waals surface area contributed by atoms with E-state index in [2.05, 4.69) is 20.7 Å². The molecule has 1 amide bonds. The topological polar surface area (TPSA) is 93.3 Å². The lowest BCUT2D eigenvalue weighted by molar-refractivity contribution is -0.117. The van der Waals surface area contributed by atoms with Gasteiger partial charge in [-0.05, 0) is 42.5 Å². The van der Waals surface area contributed by atoms with Gasteiger partial charge in [0.05, 0.1) is 0 Å². The van der Waals surface area contributed by atoms with Gasteiger partial charge in [0.25, 0.3) is 5.78 Å². The van der Waals surface area contributed by atoms with Crippen LogP contribution in [0.25, 0.3) is 5.78 Å². The SMILES string of the molecule is O=C(Cn1nc2nc(Nc3ccc(F)cc3)ccn2c1=O)Nc1cc(F)cc(F)c1. The number of fused-ring (bicyclic) bond motifs is 1. The van der Waals surface area contributed by atoms with Gasteiger partial charge >= 0.3 is 5.69 Å². The summed E-state index contributed by atoms with van der Waals surface area (Å²) in [6, 6.07) is 9.68. The maximum absolute atomic E-state index is 13.2. The highest BCUT2D eigenvalue weighted by Gasteiger charge is 2.13. The first-order valence-electron chi connectivity index (χ1n) is 8.62. The molecule has 0 saturated heterocycles. The lowest BCUT2D eigenvalue weighted by Gasteiger charge is -2.05. The van der Waals surface area contributed by atoms with Crippen LogP contribution in [0.3, 0.4) is 0 Å². The van der Waals surface area contributed by atoms with Gasteiger partial charge in [0.1, 0.15) is 29.8 Å². The van der Waals surface area contributed by atoms with Gasteiger partial charge in [0, 0.05) is 23.6 Å². The quantitative estimate of drug-likeness (QED) is 0.524. The van der Waals surface area contributed by atoms with Gasteiger partial charge in [-0.1, -0.05) is 0 Å². The summed E-state index contributed by atoms with van der Waals surface area (Å²) in [6.45, 7) is -0.485. The Kier molecular flexibility index (Phi) is 4.92. The van der Waals surface area contributed by atoms with Gasteiger partial charge in [0.2, 0.25) is 5.91 Å². The van der Waals surface area contributed by atoms with E-state index in [1.165, 1.54) is 36.5 Å². The van der Waals surface area contributed by atoms with Crippen molar-refractivity contribution in [3.63, 3.8) is 0 Å². The Hall–Kier alpha value is -4.15. The molecule has 4 aromatic rings. The molecule has 0 spiro atoms. The molecule has 0 aliphatic heterocycles. The van der Waals surface area contributed by atoms with E-state index in [0.29, 0.717) is 17.6 Å². The van der Waals surface area contributed by atoms with E-state index in [1.54, 1.807) is 0 Å². The molecule has 0 bridgehead atoms. The van der Waals surface area contributed by atoms with Gasteiger partial charge in [-0.3, -0.25) is 4.79 Å². The molecule has 11 heteroatoms.